The highest BCUT2D eigenvalue weighted by Gasteiger charge is 2.32. The molecular weight excluding hydrogens is 230 g/mol. The minimum absolute atomic E-state index is 0.537. The van der Waals surface area contributed by atoms with Crippen LogP contribution in [0, 0.1) is 0 Å². The van der Waals surface area contributed by atoms with Crippen LogP contribution in [0.2, 0.25) is 0 Å². The van der Waals surface area contributed by atoms with Crippen molar-refractivity contribution >= 4 is 22.8 Å². The van der Waals surface area contributed by atoms with E-state index in [-0.39, 0.29) is 0 Å². The van der Waals surface area contributed by atoms with Crippen molar-refractivity contribution in [1.29, 1.82) is 0 Å². The number of fused-ring (bicyclic) bond motifs is 1. The van der Waals surface area contributed by atoms with Crippen molar-refractivity contribution in [2.45, 2.75) is 18.9 Å². The Morgan fingerprint density at radius 3 is 3.00 bits per heavy atom. The normalized spacial score (nSPS) is 15.2. The lowest BCUT2D eigenvalue weighted by molar-refractivity contribution is 0.203. The summed E-state index contributed by atoms with van der Waals surface area (Å²) in [7, 11) is 1.70. The summed E-state index contributed by atoms with van der Waals surface area (Å²) in [6.45, 7) is 1.47. The standard InChI is InChI=1S/C13H17N3O2/c1-17-8-7-16(9-5-6-9)13-15-12-10(14)3-2-4-11(12)18-13/h2-4,9H,5-8,14H2,1H3. The number of ether oxygens (including phenoxy) is 1. The number of para-hydroxylation sites is 1. The molecule has 0 radical (unpaired) electrons. The molecule has 1 fully saturated rings. The Hall–Kier alpha value is -1.75. The molecule has 1 aliphatic rings. The van der Waals surface area contributed by atoms with Crippen molar-refractivity contribution in [3.63, 3.8) is 0 Å². The molecule has 0 atom stereocenters. The zero-order chi connectivity index (χ0) is 12.5. The number of methoxy groups -OCH3 is 1. The summed E-state index contributed by atoms with van der Waals surface area (Å²) in [6, 6.07) is 6.80. The van der Waals surface area contributed by atoms with Gasteiger partial charge >= 0.3 is 0 Å². The maximum Gasteiger partial charge on any atom is 0.298 e. The molecule has 1 aliphatic carbocycles. The third-order valence-corrected chi connectivity index (χ3v) is 3.21. The van der Waals surface area contributed by atoms with Crippen LogP contribution in [0.15, 0.2) is 22.6 Å². The molecule has 0 bridgehead atoms. The zero-order valence-electron chi connectivity index (χ0n) is 10.4. The first-order chi connectivity index (χ1) is 8.79. The van der Waals surface area contributed by atoms with Crippen LogP contribution < -0.4 is 10.6 Å². The summed E-state index contributed by atoms with van der Waals surface area (Å²) in [5, 5.41) is 0. The van der Waals surface area contributed by atoms with Gasteiger partial charge < -0.3 is 19.8 Å². The van der Waals surface area contributed by atoms with E-state index in [4.69, 9.17) is 14.9 Å². The van der Waals surface area contributed by atoms with Gasteiger partial charge in [-0.1, -0.05) is 6.07 Å². The molecule has 0 spiro atoms. The third-order valence-electron chi connectivity index (χ3n) is 3.21. The fraction of sp³-hybridized carbons (Fsp3) is 0.462. The van der Waals surface area contributed by atoms with Gasteiger partial charge in [-0.25, -0.2) is 0 Å². The quantitative estimate of drug-likeness (QED) is 0.819. The Bertz CT molecular complexity index is 548. The number of oxazole rings is 1. The van der Waals surface area contributed by atoms with E-state index in [2.05, 4.69) is 9.88 Å². The molecule has 0 unspecified atom stereocenters. The lowest BCUT2D eigenvalue weighted by Gasteiger charge is -2.19. The van der Waals surface area contributed by atoms with Crippen molar-refractivity contribution in [3.8, 4) is 0 Å². The van der Waals surface area contributed by atoms with Crippen LogP contribution in [0.3, 0.4) is 0 Å². The monoisotopic (exact) mass is 247 g/mol. The zero-order valence-corrected chi connectivity index (χ0v) is 10.4. The van der Waals surface area contributed by atoms with Gasteiger partial charge in [0.05, 0.1) is 12.3 Å². The summed E-state index contributed by atoms with van der Waals surface area (Å²) < 4.78 is 10.9. The molecule has 2 aromatic rings. The number of hydrogen-bond donors (Lipinski definition) is 1. The number of nitrogen functional groups attached to an aromatic ring is 1. The first-order valence-electron chi connectivity index (χ1n) is 6.20. The summed E-state index contributed by atoms with van der Waals surface area (Å²) >= 11 is 0. The Morgan fingerprint density at radius 2 is 2.33 bits per heavy atom. The van der Waals surface area contributed by atoms with Gasteiger partial charge in [-0.2, -0.15) is 4.98 Å². The third kappa shape index (κ3) is 2.01. The predicted octanol–water partition coefficient (Wildman–Crippen LogP) is 2.03. The van der Waals surface area contributed by atoms with Gasteiger partial charge in [-0.15, -0.1) is 0 Å². The van der Waals surface area contributed by atoms with E-state index in [1.165, 1.54) is 12.8 Å². The Kier molecular flexibility index (Phi) is 2.83. The summed E-state index contributed by atoms with van der Waals surface area (Å²) in [6.07, 6.45) is 2.38. The van der Waals surface area contributed by atoms with Crippen LogP contribution in [-0.2, 0) is 4.74 Å². The second-order valence-corrected chi connectivity index (χ2v) is 4.61. The highest BCUT2D eigenvalue weighted by Crippen LogP contribution is 2.33. The van der Waals surface area contributed by atoms with Crippen LogP contribution in [0.25, 0.3) is 11.1 Å². The fourth-order valence-corrected chi connectivity index (χ4v) is 2.09. The lowest BCUT2D eigenvalue weighted by Crippen LogP contribution is -2.29. The predicted molar refractivity (Wildman–Crippen MR) is 70.7 cm³/mol. The van der Waals surface area contributed by atoms with E-state index in [1.807, 2.05) is 18.2 Å². The van der Waals surface area contributed by atoms with Crippen LogP contribution >= 0.6 is 0 Å². The maximum absolute atomic E-state index is 5.90. The molecule has 1 saturated carbocycles. The van der Waals surface area contributed by atoms with Crippen LogP contribution in [-0.4, -0.2) is 31.3 Å². The summed E-state index contributed by atoms with van der Waals surface area (Å²) in [5.41, 5.74) is 8.04. The van der Waals surface area contributed by atoms with Crippen molar-refractivity contribution in [3.05, 3.63) is 18.2 Å². The van der Waals surface area contributed by atoms with Crippen LogP contribution in [0.4, 0.5) is 11.7 Å². The van der Waals surface area contributed by atoms with Gasteiger partial charge in [0, 0.05) is 19.7 Å². The van der Waals surface area contributed by atoms with E-state index in [0.29, 0.717) is 24.4 Å². The molecule has 1 aromatic heterocycles. The first-order valence-corrected chi connectivity index (χ1v) is 6.20. The fourth-order valence-electron chi connectivity index (χ4n) is 2.09. The van der Waals surface area contributed by atoms with E-state index >= 15 is 0 Å². The van der Waals surface area contributed by atoms with E-state index in [9.17, 15) is 0 Å². The number of anilines is 2. The second-order valence-electron chi connectivity index (χ2n) is 4.61. The van der Waals surface area contributed by atoms with Crippen molar-refractivity contribution in [2.24, 2.45) is 0 Å². The molecule has 0 saturated heterocycles. The van der Waals surface area contributed by atoms with Crippen molar-refractivity contribution < 1.29 is 9.15 Å². The number of nitrogens with zero attached hydrogens (tertiary/aromatic N) is 2. The van der Waals surface area contributed by atoms with Gasteiger partial charge in [0.1, 0.15) is 5.52 Å². The van der Waals surface area contributed by atoms with Gasteiger partial charge in [0.15, 0.2) is 5.58 Å². The smallest absolute Gasteiger partial charge is 0.298 e. The summed E-state index contributed by atoms with van der Waals surface area (Å²) in [4.78, 5) is 6.68. The Morgan fingerprint density at radius 1 is 1.50 bits per heavy atom. The molecule has 2 N–H and O–H groups in total. The van der Waals surface area contributed by atoms with Gasteiger partial charge in [-0.05, 0) is 25.0 Å². The van der Waals surface area contributed by atoms with Crippen molar-refractivity contribution in [2.75, 3.05) is 30.9 Å². The first kappa shape index (κ1) is 11.3. The number of hydrogen-bond acceptors (Lipinski definition) is 5. The second kappa shape index (κ2) is 4.49. The molecule has 5 heteroatoms. The minimum atomic E-state index is 0.537. The van der Waals surface area contributed by atoms with Crippen LogP contribution in [0.5, 0.6) is 0 Å². The van der Waals surface area contributed by atoms with Crippen molar-refractivity contribution in [1.82, 2.24) is 4.98 Å². The van der Waals surface area contributed by atoms with Gasteiger partial charge in [-0.3, -0.25) is 0 Å². The van der Waals surface area contributed by atoms with E-state index in [1.54, 1.807) is 7.11 Å². The molecule has 0 aliphatic heterocycles. The lowest BCUT2D eigenvalue weighted by atomic mass is 10.3. The number of nitrogens with two attached hydrogens (primary N) is 1. The van der Waals surface area contributed by atoms with Gasteiger partial charge in [0.2, 0.25) is 0 Å². The largest absolute Gasteiger partial charge is 0.423 e. The molecule has 1 heterocycles. The molecule has 18 heavy (non-hydrogen) atoms. The summed E-state index contributed by atoms with van der Waals surface area (Å²) in [5.74, 6) is 0. The SMILES string of the molecule is COCCN(c1nc2c(N)cccc2o1)C1CC1. The highest BCUT2D eigenvalue weighted by atomic mass is 16.5. The van der Waals surface area contributed by atoms with E-state index < -0.39 is 0 Å². The van der Waals surface area contributed by atoms with E-state index in [0.717, 1.165) is 17.6 Å². The number of rotatable bonds is 5. The van der Waals surface area contributed by atoms with Gasteiger partial charge in [0.25, 0.3) is 6.01 Å². The molecule has 0 amide bonds. The molecule has 1 aromatic carbocycles. The minimum Gasteiger partial charge on any atom is -0.423 e. The Balaban J connectivity index is 1.93. The average molecular weight is 247 g/mol. The number of aromatic nitrogens is 1. The van der Waals surface area contributed by atoms with Crippen LogP contribution in [0.1, 0.15) is 12.8 Å². The topological polar surface area (TPSA) is 64.5 Å². The average Bonchev–Trinajstić information content (AvgIpc) is 3.09. The Labute approximate surface area is 106 Å². The maximum atomic E-state index is 5.90. The molecule has 5 nitrogen and oxygen atoms in total. The molecule has 96 valence electrons. The highest BCUT2D eigenvalue weighted by molar-refractivity contribution is 5.86. The molecule has 3 rings (SSSR count). The molecular formula is C13H17N3O2. The number of benzene rings is 1.